The van der Waals surface area contributed by atoms with E-state index in [4.69, 9.17) is 5.73 Å². The molecular weight excluding hydrogens is 565 g/mol. The molecule has 10 nitrogen and oxygen atoms in total. The monoisotopic (exact) mass is 595 g/mol. The maximum Gasteiger partial charge on any atom is 0.253 e. The smallest absolute Gasteiger partial charge is 0.253 e. The van der Waals surface area contributed by atoms with Gasteiger partial charge in [-0.1, -0.05) is 6.07 Å². The van der Waals surface area contributed by atoms with Gasteiger partial charge in [-0.3, -0.25) is 9.59 Å². The van der Waals surface area contributed by atoms with E-state index < -0.39 is 23.1 Å². The highest BCUT2D eigenvalue weighted by Crippen LogP contribution is 2.34. The van der Waals surface area contributed by atoms with Gasteiger partial charge in [-0.2, -0.15) is 4.98 Å². The van der Waals surface area contributed by atoms with Crippen LogP contribution in [0.25, 0.3) is 0 Å². The summed E-state index contributed by atoms with van der Waals surface area (Å²) in [5.74, 6) is -0.850. The molecule has 0 radical (unpaired) electrons. The first-order valence-corrected chi connectivity index (χ1v) is 14.3. The SMILES string of the molecule is CCNC(=O)C1CCC([S+]([O-])N2CCC(Nc3ncc(Br)c(Nc4cccc(F)c4C(N)=O)n3)CC2)C1. The van der Waals surface area contributed by atoms with Crippen molar-refractivity contribution in [2.24, 2.45) is 11.7 Å². The van der Waals surface area contributed by atoms with E-state index in [0.717, 1.165) is 25.7 Å². The number of benzene rings is 1. The quantitative estimate of drug-likeness (QED) is 0.323. The van der Waals surface area contributed by atoms with Crippen LogP contribution in [0.5, 0.6) is 0 Å². The van der Waals surface area contributed by atoms with Gasteiger partial charge in [-0.05, 0) is 60.7 Å². The number of anilines is 3. The van der Waals surface area contributed by atoms with Crippen LogP contribution in [0.1, 0.15) is 49.4 Å². The van der Waals surface area contributed by atoms with Gasteiger partial charge < -0.3 is 26.2 Å². The average Bonchev–Trinajstić information content (AvgIpc) is 3.37. The first-order valence-electron chi connectivity index (χ1n) is 12.3. The maximum atomic E-state index is 14.1. The number of aromatic nitrogens is 2. The summed E-state index contributed by atoms with van der Waals surface area (Å²) in [5.41, 5.74) is 5.30. The largest absolute Gasteiger partial charge is 0.598 e. The van der Waals surface area contributed by atoms with Crippen LogP contribution in [-0.4, -0.2) is 61.6 Å². The first-order chi connectivity index (χ1) is 17.8. The molecule has 1 saturated carbocycles. The van der Waals surface area contributed by atoms with E-state index in [1.165, 1.54) is 12.1 Å². The highest BCUT2D eigenvalue weighted by Gasteiger charge is 2.40. The molecule has 2 aromatic rings. The lowest BCUT2D eigenvalue weighted by atomic mass is 10.1. The molecule has 1 saturated heterocycles. The summed E-state index contributed by atoms with van der Waals surface area (Å²) in [7, 11) is 0. The molecule has 5 N–H and O–H groups in total. The summed E-state index contributed by atoms with van der Waals surface area (Å²) < 4.78 is 29.8. The van der Waals surface area contributed by atoms with E-state index >= 15 is 0 Å². The minimum Gasteiger partial charge on any atom is -0.598 e. The number of hydrogen-bond donors (Lipinski definition) is 4. The third-order valence-corrected chi connectivity index (χ3v) is 9.14. The predicted molar refractivity (Wildman–Crippen MR) is 144 cm³/mol. The number of hydrogen-bond acceptors (Lipinski definition) is 8. The predicted octanol–water partition coefficient (Wildman–Crippen LogP) is 3.07. The van der Waals surface area contributed by atoms with Gasteiger partial charge >= 0.3 is 0 Å². The van der Waals surface area contributed by atoms with Crippen molar-refractivity contribution in [2.45, 2.75) is 50.3 Å². The fourth-order valence-electron chi connectivity index (χ4n) is 4.78. The van der Waals surface area contributed by atoms with Crippen molar-refractivity contribution < 1.29 is 18.5 Å². The number of nitrogens with zero attached hydrogens (tertiary/aromatic N) is 3. The van der Waals surface area contributed by atoms with Gasteiger partial charge in [0.2, 0.25) is 11.9 Å². The highest BCUT2D eigenvalue weighted by molar-refractivity contribution is 9.10. The second-order valence-corrected chi connectivity index (χ2v) is 11.8. The standard InChI is InChI=1S/C24H31BrFN7O3S/c1-2-28-23(35)14-6-7-16(12-14)37(36)33-10-8-15(9-11-33)30-24-29-13-17(25)22(32-24)31-19-5-3-4-18(26)20(19)21(27)34/h3-5,13-16H,2,6-12H2,1H3,(H2,27,34)(H,28,35)(H2,29,30,31,32). The fraction of sp³-hybridized carbons (Fsp3) is 0.500. The van der Waals surface area contributed by atoms with Gasteiger partial charge in [0.15, 0.2) is 0 Å². The Balaban J connectivity index is 1.33. The van der Waals surface area contributed by atoms with Crippen molar-refractivity contribution in [3.05, 3.63) is 40.2 Å². The first kappa shape index (κ1) is 27.6. The molecular formula is C24H31BrFN7O3S. The van der Waals surface area contributed by atoms with E-state index in [1.807, 2.05) is 11.2 Å². The number of nitrogens with two attached hydrogens (primary N) is 1. The van der Waals surface area contributed by atoms with Crippen LogP contribution in [0.15, 0.2) is 28.9 Å². The molecule has 0 bridgehead atoms. The lowest BCUT2D eigenvalue weighted by molar-refractivity contribution is -0.124. The second-order valence-electron chi connectivity index (χ2n) is 9.19. The van der Waals surface area contributed by atoms with Crippen LogP contribution < -0.4 is 21.7 Å². The Bertz CT molecular complexity index is 1140. The fourth-order valence-corrected chi connectivity index (χ4v) is 6.80. The summed E-state index contributed by atoms with van der Waals surface area (Å²) >= 11 is 2.27. The average molecular weight is 597 g/mol. The van der Waals surface area contributed by atoms with Gasteiger partial charge in [0.1, 0.15) is 16.9 Å². The zero-order chi connectivity index (χ0) is 26.5. The number of halogens is 2. The topological polar surface area (TPSA) is 148 Å². The number of amides is 2. The molecule has 2 amide bonds. The number of rotatable bonds is 9. The van der Waals surface area contributed by atoms with Crippen LogP contribution >= 0.6 is 15.9 Å². The van der Waals surface area contributed by atoms with Crippen LogP contribution in [0.4, 0.5) is 21.8 Å². The molecule has 3 atom stereocenters. The molecule has 1 aromatic heterocycles. The van der Waals surface area contributed by atoms with Crippen LogP contribution in [0.3, 0.4) is 0 Å². The van der Waals surface area contributed by atoms with Crippen molar-refractivity contribution in [3.8, 4) is 0 Å². The Hall–Kier alpha value is -2.48. The molecule has 1 aliphatic carbocycles. The summed E-state index contributed by atoms with van der Waals surface area (Å²) in [5, 5.41) is 9.17. The van der Waals surface area contributed by atoms with Crippen molar-refractivity contribution in [2.75, 3.05) is 30.3 Å². The number of carbonyl (C=O) groups excluding carboxylic acids is 2. The molecule has 1 aromatic carbocycles. The van der Waals surface area contributed by atoms with E-state index in [-0.39, 0.29) is 34.4 Å². The summed E-state index contributed by atoms with van der Waals surface area (Å²) in [6, 6.07) is 4.27. The van der Waals surface area contributed by atoms with Crippen molar-refractivity contribution in [3.63, 3.8) is 0 Å². The molecule has 1 aliphatic heterocycles. The number of nitrogens with one attached hydrogen (secondary N) is 3. The zero-order valence-corrected chi connectivity index (χ0v) is 22.9. The van der Waals surface area contributed by atoms with Crippen LogP contribution in [0, 0.1) is 11.7 Å². The minimum atomic E-state index is -1.11. The Morgan fingerprint density at radius 3 is 2.73 bits per heavy atom. The molecule has 2 aliphatic rings. The molecule has 0 spiro atoms. The Morgan fingerprint density at radius 1 is 1.27 bits per heavy atom. The van der Waals surface area contributed by atoms with Gasteiger partial charge in [-0.15, -0.1) is 4.31 Å². The lowest BCUT2D eigenvalue weighted by Crippen LogP contribution is -2.45. The number of carbonyl (C=O) groups is 2. The highest BCUT2D eigenvalue weighted by atomic mass is 79.9. The van der Waals surface area contributed by atoms with E-state index in [0.29, 0.717) is 42.3 Å². The van der Waals surface area contributed by atoms with Crippen molar-refractivity contribution >= 4 is 56.6 Å². The Kier molecular flexibility index (Phi) is 9.22. The maximum absolute atomic E-state index is 14.1. The van der Waals surface area contributed by atoms with Crippen molar-refractivity contribution in [1.82, 2.24) is 19.6 Å². The van der Waals surface area contributed by atoms with E-state index in [9.17, 15) is 18.5 Å². The lowest BCUT2D eigenvalue weighted by Gasteiger charge is -2.34. The minimum absolute atomic E-state index is 0.0219. The second kappa shape index (κ2) is 12.4. The molecule has 3 unspecified atom stereocenters. The number of primary amides is 1. The van der Waals surface area contributed by atoms with Crippen LogP contribution in [-0.2, 0) is 16.2 Å². The third-order valence-electron chi connectivity index (χ3n) is 6.69. The number of piperidine rings is 1. The molecule has 4 rings (SSSR count). The summed E-state index contributed by atoms with van der Waals surface area (Å²) in [6.45, 7) is 3.85. The molecule has 13 heteroatoms. The zero-order valence-electron chi connectivity index (χ0n) is 20.5. The van der Waals surface area contributed by atoms with Gasteiger partial charge in [0.25, 0.3) is 5.91 Å². The van der Waals surface area contributed by atoms with E-state index in [1.54, 1.807) is 12.3 Å². The normalized spacial score (nSPS) is 21.4. The van der Waals surface area contributed by atoms with E-state index in [2.05, 4.69) is 41.8 Å². The third kappa shape index (κ3) is 6.70. The molecule has 200 valence electrons. The van der Waals surface area contributed by atoms with Gasteiger partial charge in [-0.25, -0.2) is 9.37 Å². The van der Waals surface area contributed by atoms with Crippen molar-refractivity contribution in [1.29, 1.82) is 0 Å². The van der Waals surface area contributed by atoms with Crippen LogP contribution in [0.2, 0.25) is 0 Å². The Morgan fingerprint density at radius 2 is 2.03 bits per heavy atom. The summed E-state index contributed by atoms with van der Waals surface area (Å²) in [4.78, 5) is 32.6. The van der Waals surface area contributed by atoms with Gasteiger partial charge in [0.05, 0.1) is 15.7 Å². The molecule has 37 heavy (non-hydrogen) atoms. The molecule has 2 fully saturated rings. The van der Waals surface area contributed by atoms with Gasteiger partial charge in [0, 0.05) is 55.6 Å². The molecule has 2 heterocycles. The Labute approximate surface area is 226 Å². The summed E-state index contributed by atoms with van der Waals surface area (Å²) in [6.07, 6.45) is 5.34.